The summed E-state index contributed by atoms with van der Waals surface area (Å²) in [4.78, 5) is 0. The van der Waals surface area contributed by atoms with Gasteiger partial charge in [-0.3, -0.25) is 0 Å². The number of hydrogen-bond acceptors (Lipinski definition) is 0. The molecule has 0 bridgehead atoms. The average Bonchev–Trinajstić information content (AvgIpc) is 2.02. The van der Waals surface area contributed by atoms with Gasteiger partial charge in [-0.1, -0.05) is 40.8 Å². The van der Waals surface area contributed by atoms with Gasteiger partial charge in [-0.25, -0.2) is 0 Å². The van der Waals surface area contributed by atoms with Gasteiger partial charge in [0, 0.05) is 0 Å². The molecule has 1 aromatic carbocycles. The van der Waals surface area contributed by atoms with Gasteiger partial charge in [0.05, 0.1) is 5.56 Å². The lowest BCUT2D eigenvalue weighted by Gasteiger charge is -2.13. The third-order valence-electron chi connectivity index (χ3n) is 2.23. The molecule has 0 aliphatic heterocycles. The van der Waals surface area contributed by atoms with Crippen LogP contribution in [0.2, 0.25) is 0 Å². The summed E-state index contributed by atoms with van der Waals surface area (Å²) in [6.07, 6.45) is -4.24. The SMILES string of the molecule is C.C.Cc1ccc(C(C)C)cc1C(F)(F)F. The average molecular weight is 234 g/mol. The van der Waals surface area contributed by atoms with Gasteiger partial charge in [0.1, 0.15) is 0 Å². The van der Waals surface area contributed by atoms with Crippen LogP contribution in [0.4, 0.5) is 13.2 Å². The van der Waals surface area contributed by atoms with Crippen molar-refractivity contribution in [3.05, 3.63) is 34.9 Å². The van der Waals surface area contributed by atoms with Crippen LogP contribution in [0.3, 0.4) is 0 Å². The van der Waals surface area contributed by atoms with Crippen LogP contribution in [0.15, 0.2) is 18.2 Å². The molecule has 1 aromatic rings. The first-order valence-electron chi connectivity index (χ1n) is 4.50. The smallest absolute Gasteiger partial charge is 0.166 e. The number of halogens is 3. The normalized spacial score (nSPS) is 10.7. The number of hydrogen-bond donors (Lipinski definition) is 0. The topological polar surface area (TPSA) is 0 Å². The highest BCUT2D eigenvalue weighted by molar-refractivity contribution is 5.34. The second kappa shape index (κ2) is 5.92. The van der Waals surface area contributed by atoms with Crippen molar-refractivity contribution in [3.63, 3.8) is 0 Å². The molecular formula is C13H21F3. The Morgan fingerprint density at radius 3 is 1.94 bits per heavy atom. The molecule has 0 fully saturated rings. The van der Waals surface area contributed by atoms with E-state index in [0.717, 1.165) is 5.56 Å². The van der Waals surface area contributed by atoms with Crippen LogP contribution < -0.4 is 0 Å². The first kappa shape index (κ1) is 17.4. The first-order valence-corrected chi connectivity index (χ1v) is 4.50. The van der Waals surface area contributed by atoms with Crippen LogP contribution in [0.1, 0.15) is 51.3 Å². The lowest BCUT2D eigenvalue weighted by atomic mass is 9.98. The molecule has 0 heterocycles. The van der Waals surface area contributed by atoms with E-state index in [1.54, 1.807) is 6.07 Å². The van der Waals surface area contributed by atoms with Crippen LogP contribution >= 0.6 is 0 Å². The third-order valence-corrected chi connectivity index (χ3v) is 2.23. The largest absolute Gasteiger partial charge is 0.416 e. The zero-order chi connectivity index (χ0) is 10.9. The molecular weight excluding hydrogens is 213 g/mol. The van der Waals surface area contributed by atoms with E-state index in [4.69, 9.17) is 0 Å². The van der Waals surface area contributed by atoms with Crippen molar-refractivity contribution in [2.75, 3.05) is 0 Å². The molecule has 94 valence electrons. The van der Waals surface area contributed by atoms with E-state index < -0.39 is 11.7 Å². The predicted octanol–water partition coefficient (Wildman–Crippen LogP) is 5.41. The van der Waals surface area contributed by atoms with Crippen molar-refractivity contribution in [1.29, 1.82) is 0 Å². The Balaban J connectivity index is 0. The van der Waals surface area contributed by atoms with Gasteiger partial charge < -0.3 is 0 Å². The van der Waals surface area contributed by atoms with Crippen molar-refractivity contribution in [2.45, 2.75) is 47.7 Å². The van der Waals surface area contributed by atoms with Crippen LogP contribution in [-0.2, 0) is 6.18 Å². The molecule has 0 spiro atoms. The number of rotatable bonds is 1. The predicted molar refractivity (Wildman–Crippen MR) is 63.7 cm³/mol. The van der Waals surface area contributed by atoms with Crippen LogP contribution in [-0.4, -0.2) is 0 Å². The summed E-state index contributed by atoms with van der Waals surface area (Å²) in [7, 11) is 0. The van der Waals surface area contributed by atoms with Crippen molar-refractivity contribution < 1.29 is 13.2 Å². The molecule has 0 nitrogen and oxygen atoms in total. The van der Waals surface area contributed by atoms with E-state index in [2.05, 4.69) is 0 Å². The molecule has 16 heavy (non-hydrogen) atoms. The Labute approximate surface area is 96.5 Å². The molecule has 3 heteroatoms. The minimum absolute atomic E-state index is 0. The van der Waals surface area contributed by atoms with Crippen molar-refractivity contribution in [2.24, 2.45) is 0 Å². The van der Waals surface area contributed by atoms with Gasteiger partial charge in [0.25, 0.3) is 0 Å². The highest BCUT2D eigenvalue weighted by Gasteiger charge is 2.32. The molecule has 0 aliphatic carbocycles. The molecule has 0 atom stereocenters. The van der Waals surface area contributed by atoms with Crippen molar-refractivity contribution in [1.82, 2.24) is 0 Å². The summed E-state index contributed by atoms with van der Waals surface area (Å²) in [5.41, 5.74) is 0.480. The fourth-order valence-electron chi connectivity index (χ4n) is 1.30. The molecule has 0 aliphatic rings. The van der Waals surface area contributed by atoms with Crippen LogP contribution in [0.5, 0.6) is 0 Å². The number of benzene rings is 1. The fraction of sp³-hybridized carbons (Fsp3) is 0.538. The van der Waals surface area contributed by atoms with E-state index in [9.17, 15) is 13.2 Å². The molecule has 0 amide bonds. The maximum Gasteiger partial charge on any atom is 0.416 e. The van der Waals surface area contributed by atoms with Crippen molar-refractivity contribution in [3.8, 4) is 0 Å². The lowest BCUT2D eigenvalue weighted by Crippen LogP contribution is -2.08. The maximum atomic E-state index is 12.5. The highest BCUT2D eigenvalue weighted by atomic mass is 19.4. The standard InChI is InChI=1S/C11H13F3.2CH4/c1-7(2)9-5-4-8(3)10(6-9)11(12,13)14;;/h4-7H,1-3H3;2*1H4. The molecule has 0 saturated carbocycles. The molecule has 0 aromatic heterocycles. The van der Waals surface area contributed by atoms with Gasteiger partial charge in [-0.15, -0.1) is 0 Å². The minimum Gasteiger partial charge on any atom is -0.166 e. The second-order valence-corrected chi connectivity index (χ2v) is 3.73. The van der Waals surface area contributed by atoms with Gasteiger partial charge >= 0.3 is 6.18 Å². The highest BCUT2D eigenvalue weighted by Crippen LogP contribution is 2.33. The maximum absolute atomic E-state index is 12.5. The van der Waals surface area contributed by atoms with Gasteiger partial charge in [-0.2, -0.15) is 13.2 Å². The third kappa shape index (κ3) is 3.87. The monoisotopic (exact) mass is 234 g/mol. The van der Waals surface area contributed by atoms with Gasteiger partial charge in [0.2, 0.25) is 0 Å². The molecule has 0 radical (unpaired) electrons. The first-order chi connectivity index (χ1) is 6.32. The minimum atomic E-state index is -4.24. The summed E-state index contributed by atoms with van der Waals surface area (Å²) in [5, 5.41) is 0. The zero-order valence-electron chi connectivity index (χ0n) is 8.44. The Bertz CT molecular complexity index is 324. The Morgan fingerprint density at radius 2 is 1.56 bits per heavy atom. The van der Waals surface area contributed by atoms with Crippen LogP contribution in [0, 0.1) is 6.92 Å². The molecule has 0 saturated heterocycles. The molecule has 0 N–H and O–H groups in total. The lowest BCUT2D eigenvalue weighted by molar-refractivity contribution is -0.138. The van der Waals surface area contributed by atoms with E-state index in [0.29, 0.717) is 0 Å². The van der Waals surface area contributed by atoms with Gasteiger partial charge in [0.15, 0.2) is 0 Å². The summed E-state index contributed by atoms with van der Waals surface area (Å²) < 4.78 is 37.5. The fourth-order valence-corrected chi connectivity index (χ4v) is 1.30. The summed E-state index contributed by atoms with van der Waals surface area (Å²) in [5.74, 6) is 0.122. The zero-order valence-corrected chi connectivity index (χ0v) is 8.44. The Hall–Kier alpha value is -0.990. The molecule has 0 unspecified atom stereocenters. The summed E-state index contributed by atoms with van der Waals surface area (Å²) in [6, 6.07) is 4.51. The van der Waals surface area contributed by atoms with Crippen LogP contribution in [0.25, 0.3) is 0 Å². The second-order valence-electron chi connectivity index (χ2n) is 3.73. The summed E-state index contributed by atoms with van der Waals surface area (Å²) >= 11 is 0. The molecule has 1 rings (SSSR count). The van der Waals surface area contributed by atoms with Crippen molar-refractivity contribution >= 4 is 0 Å². The number of aryl methyl sites for hydroxylation is 1. The quantitative estimate of drug-likeness (QED) is 0.609. The van der Waals surface area contributed by atoms with E-state index in [-0.39, 0.29) is 26.3 Å². The number of alkyl halides is 3. The van der Waals surface area contributed by atoms with E-state index in [1.807, 2.05) is 13.8 Å². The van der Waals surface area contributed by atoms with Gasteiger partial charge in [-0.05, 0) is 30.0 Å². The Morgan fingerprint density at radius 1 is 1.06 bits per heavy atom. The van der Waals surface area contributed by atoms with E-state index in [1.165, 1.54) is 19.1 Å². The summed E-state index contributed by atoms with van der Waals surface area (Å²) in [6.45, 7) is 5.24. The Kier molecular flexibility index (Phi) is 6.44. The van der Waals surface area contributed by atoms with E-state index >= 15 is 0 Å².